The molecule has 15 heavy (non-hydrogen) atoms. The highest BCUT2D eigenvalue weighted by Crippen LogP contribution is 1.89. The van der Waals surface area contributed by atoms with E-state index in [1.807, 2.05) is 6.26 Å². The van der Waals surface area contributed by atoms with Crippen LogP contribution in [0.3, 0.4) is 0 Å². The minimum atomic E-state index is -1.42. The first-order valence-electron chi connectivity index (χ1n) is 4.49. The van der Waals surface area contributed by atoms with Gasteiger partial charge in [-0.25, -0.2) is 9.59 Å². The highest BCUT2D eigenvalue weighted by Gasteiger charge is 2.12. The van der Waals surface area contributed by atoms with Gasteiger partial charge in [0.15, 0.2) is 6.10 Å². The number of aliphatic hydroxyl groups excluding tert-OH is 1. The van der Waals surface area contributed by atoms with Crippen molar-refractivity contribution in [2.45, 2.75) is 12.5 Å². The Hall–Kier alpha value is -0.950. The second-order valence-electron chi connectivity index (χ2n) is 2.82. The maximum Gasteiger partial charge on any atom is 0.332 e. The number of hydrogen-bond acceptors (Lipinski definition) is 4. The van der Waals surface area contributed by atoms with E-state index in [0.717, 1.165) is 5.75 Å². The summed E-state index contributed by atoms with van der Waals surface area (Å²) in [5, 5.41) is 22.2. The summed E-state index contributed by atoms with van der Waals surface area (Å²) in [7, 11) is 0. The van der Waals surface area contributed by atoms with Crippen LogP contribution in [0.4, 0.5) is 4.79 Å². The molecule has 1 unspecified atom stereocenters. The van der Waals surface area contributed by atoms with Gasteiger partial charge in [0.05, 0.1) is 0 Å². The Labute approximate surface area is 92.4 Å². The molecule has 0 aromatic carbocycles. The fourth-order valence-electron chi connectivity index (χ4n) is 0.775. The van der Waals surface area contributed by atoms with Crippen LogP contribution in [-0.2, 0) is 4.79 Å². The van der Waals surface area contributed by atoms with E-state index in [1.54, 1.807) is 11.8 Å². The van der Waals surface area contributed by atoms with Gasteiger partial charge in [-0.05, 0) is 6.26 Å². The number of carboxylic acids is 1. The van der Waals surface area contributed by atoms with Crippen LogP contribution in [-0.4, -0.2) is 53.4 Å². The molecule has 0 rings (SSSR count). The Bertz CT molecular complexity index is 213. The first kappa shape index (κ1) is 14.1. The third-order valence-corrected chi connectivity index (χ3v) is 2.19. The lowest BCUT2D eigenvalue weighted by molar-refractivity contribution is -0.146. The molecule has 0 heterocycles. The number of nitrogens with one attached hydrogen (secondary N) is 2. The van der Waals surface area contributed by atoms with Gasteiger partial charge in [0.1, 0.15) is 0 Å². The van der Waals surface area contributed by atoms with Crippen molar-refractivity contribution in [3.8, 4) is 0 Å². The van der Waals surface area contributed by atoms with Crippen molar-refractivity contribution in [3.05, 3.63) is 0 Å². The van der Waals surface area contributed by atoms with Crippen molar-refractivity contribution in [1.29, 1.82) is 0 Å². The van der Waals surface area contributed by atoms with Crippen molar-refractivity contribution >= 4 is 23.8 Å². The first-order valence-corrected chi connectivity index (χ1v) is 5.88. The zero-order valence-electron chi connectivity index (χ0n) is 8.52. The molecule has 6 nitrogen and oxygen atoms in total. The summed E-state index contributed by atoms with van der Waals surface area (Å²) >= 11 is 1.62. The smallest absolute Gasteiger partial charge is 0.332 e. The minimum absolute atomic E-state index is 0.00524. The number of carboxylic acid groups (broad SMARTS) is 1. The quantitative estimate of drug-likeness (QED) is 0.446. The molecule has 0 aliphatic rings. The second kappa shape index (κ2) is 8.37. The fourth-order valence-corrected chi connectivity index (χ4v) is 1.08. The predicted molar refractivity (Wildman–Crippen MR) is 58.0 cm³/mol. The molecule has 0 saturated heterocycles. The number of hydrogen-bond donors (Lipinski definition) is 4. The summed E-state index contributed by atoms with van der Waals surface area (Å²) in [5.74, 6) is -0.454. The van der Waals surface area contributed by atoms with E-state index >= 15 is 0 Å². The SMILES string of the molecule is CSCCNC(=O)NCCC(O)C(=O)O. The maximum absolute atomic E-state index is 11.0. The summed E-state index contributed by atoms with van der Waals surface area (Å²) in [6.45, 7) is 0.701. The number of rotatable bonds is 7. The number of thioether (sulfide) groups is 1. The van der Waals surface area contributed by atoms with Gasteiger partial charge in [-0.2, -0.15) is 11.8 Å². The van der Waals surface area contributed by atoms with Gasteiger partial charge in [0.25, 0.3) is 0 Å². The van der Waals surface area contributed by atoms with E-state index < -0.39 is 12.1 Å². The molecule has 7 heteroatoms. The summed E-state index contributed by atoms with van der Waals surface area (Å²) in [4.78, 5) is 21.2. The number of urea groups is 1. The van der Waals surface area contributed by atoms with Crippen molar-refractivity contribution in [3.63, 3.8) is 0 Å². The summed E-state index contributed by atoms with van der Waals surface area (Å²) in [6, 6.07) is -0.346. The van der Waals surface area contributed by atoms with Crippen LogP contribution < -0.4 is 10.6 Å². The third kappa shape index (κ3) is 8.07. The molecule has 0 bridgehead atoms. The average Bonchev–Trinajstić information content (AvgIpc) is 2.18. The summed E-state index contributed by atoms with van der Waals surface area (Å²) in [6.07, 6.45) is 0.519. The number of carbonyl (C=O) groups excluding carboxylic acids is 1. The summed E-state index contributed by atoms with van der Waals surface area (Å²) < 4.78 is 0. The second-order valence-corrected chi connectivity index (χ2v) is 3.80. The van der Waals surface area contributed by atoms with Gasteiger partial charge in [-0.15, -0.1) is 0 Å². The van der Waals surface area contributed by atoms with E-state index in [9.17, 15) is 9.59 Å². The van der Waals surface area contributed by atoms with Gasteiger partial charge in [0, 0.05) is 25.3 Å². The van der Waals surface area contributed by atoms with Crippen LogP contribution in [0.2, 0.25) is 0 Å². The van der Waals surface area contributed by atoms with E-state index in [1.165, 1.54) is 0 Å². The molecule has 0 spiro atoms. The lowest BCUT2D eigenvalue weighted by Gasteiger charge is -2.08. The van der Waals surface area contributed by atoms with Crippen LogP contribution in [0.5, 0.6) is 0 Å². The Morgan fingerprint density at radius 3 is 2.47 bits per heavy atom. The average molecular weight is 236 g/mol. The molecular formula is C8H16N2O4S. The molecule has 0 fully saturated rings. The van der Waals surface area contributed by atoms with E-state index in [4.69, 9.17) is 10.2 Å². The summed E-state index contributed by atoms with van der Waals surface area (Å²) in [5.41, 5.74) is 0. The molecule has 4 N–H and O–H groups in total. The Kier molecular flexibility index (Phi) is 7.84. The number of carbonyl (C=O) groups is 2. The van der Waals surface area contributed by atoms with Gasteiger partial charge in [0.2, 0.25) is 0 Å². The molecule has 0 aliphatic carbocycles. The van der Waals surface area contributed by atoms with Gasteiger partial charge < -0.3 is 20.8 Å². The fraction of sp³-hybridized carbons (Fsp3) is 0.750. The Morgan fingerprint density at radius 1 is 1.33 bits per heavy atom. The third-order valence-electron chi connectivity index (χ3n) is 1.58. The van der Waals surface area contributed by atoms with Crippen LogP contribution in [0.15, 0.2) is 0 Å². The normalized spacial score (nSPS) is 11.9. The monoisotopic (exact) mass is 236 g/mol. The van der Waals surface area contributed by atoms with E-state index in [0.29, 0.717) is 6.54 Å². The van der Waals surface area contributed by atoms with Gasteiger partial charge >= 0.3 is 12.0 Å². The lowest BCUT2D eigenvalue weighted by Crippen LogP contribution is -2.38. The van der Waals surface area contributed by atoms with Crippen molar-refractivity contribution in [2.24, 2.45) is 0 Å². The largest absolute Gasteiger partial charge is 0.479 e. The molecule has 0 aliphatic heterocycles. The molecule has 0 aromatic rings. The number of aliphatic carboxylic acids is 1. The Balaban J connectivity index is 3.42. The zero-order chi connectivity index (χ0) is 11.7. The minimum Gasteiger partial charge on any atom is -0.479 e. The molecule has 88 valence electrons. The van der Waals surface area contributed by atoms with E-state index in [-0.39, 0.29) is 19.0 Å². The lowest BCUT2D eigenvalue weighted by atomic mass is 10.2. The highest BCUT2D eigenvalue weighted by molar-refractivity contribution is 7.98. The molecule has 2 amide bonds. The molecular weight excluding hydrogens is 220 g/mol. The number of amides is 2. The van der Waals surface area contributed by atoms with Crippen molar-refractivity contribution in [2.75, 3.05) is 25.1 Å². The van der Waals surface area contributed by atoms with E-state index in [2.05, 4.69) is 10.6 Å². The van der Waals surface area contributed by atoms with Crippen LogP contribution >= 0.6 is 11.8 Å². The van der Waals surface area contributed by atoms with Crippen LogP contribution in [0, 0.1) is 0 Å². The maximum atomic E-state index is 11.0. The zero-order valence-corrected chi connectivity index (χ0v) is 9.34. The van der Waals surface area contributed by atoms with Crippen molar-refractivity contribution in [1.82, 2.24) is 10.6 Å². The molecule has 0 radical (unpaired) electrons. The van der Waals surface area contributed by atoms with Crippen molar-refractivity contribution < 1.29 is 19.8 Å². The molecule has 0 saturated carbocycles. The first-order chi connectivity index (χ1) is 7.07. The standard InChI is InChI=1S/C8H16N2O4S/c1-15-5-4-10-8(14)9-3-2-6(11)7(12)13/h6,11H,2-5H2,1H3,(H,12,13)(H2,9,10,14). The highest BCUT2D eigenvalue weighted by atomic mass is 32.2. The molecule has 1 atom stereocenters. The predicted octanol–water partition coefficient (Wildman–Crippen LogP) is -0.516. The van der Waals surface area contributed by atoms with Gasteiger partial charge in [-0.3, -0.25) is 0 Å². The van der Waals surface area contributed by atoms with Crippen LogP contribution in [0.25, 0.3) is 0 Å². The van der Waals surface area contributed by atoms with Crippen LogP contribution in [0.1, 0.15) is 6.42 Å². The topological polar surface area (TPSA) is 98.7 Å². The Morgan fingerprint density at radius 2 is 1.93 bits per heavy atom. The number of aliphatic hydroxyl groups is 1. The molecule has 0 aromatic heterocycles. The van der Waals surface area contributed by atoms with Gasteiger partial charge in [-0.1, -0.05) is 0 Å².